The van der Waals surface area contributed by atoms with Crippen LogP contribution in [0.15, 0.2) is 0 Å². The van der Waals surface area contributed by atoms with Crippen molar-refractivity contribution in [1.82, 2.24) is 5.01 Å². The molecule has 0 spiro atoms. The van der Waals surface area contributed by atoms with Crippen LogP contribution in [-0.4, -0.2) is 16.0 Å². The number of carbonyl (C=O) groups excluding carboxylic acids is 1. The van der Waals surface area contributed by atoms with Crippen LogP contribution in [0.25, 0.3) is 0 Å². The second-order valence-electron chi connectivity index (χ2n) is 1.23. The zero-order chi connectivity index (χ0) is 6.73. The molecule has 0 saturated heterocycles. The van der Waals surface area contributed by atoms with Gasteiger partial charge in [0.15, 0.2) is 5.11 Å². The summed E-state index contributed by atoms with van der Waals surface area (Å²) in [6.45, 7) is 1.28. The maximum atomic E-state index is 10.2. The molecule has 0 bridgehead atoms. The van der Waals surface area contributed by atoms with E-state index in [9.17, 15) is 4.79 Å². The summed E-state index contributed by atoms with van der Waals surface area (Å²) in [6.07, 6.45) is 0. The first-order valence-corrected chi connectivity index (χ1v) is 2.31. The Morgan fingerprint density at radius 2 is 2.12 bits per heavy atom. The Morgan fingerprint density at radius 3 is 2.12 bits per heavy atom. The molecule has 8 heavy (non-hydrogen) atoms. The highest BCUT2D eigenvalue weighted by atomic mass is 32.1. The number of rotatable bonds is 0. The van der Waals surface area contributed by atoms with Gasteiger partial charge in [-0.3, -0.25) is 4.79 Å². The summed E-state index contributed by atoms with van der Waals surface area (Å²) >= 11 is 4.35. The van der Waals surface area contributed by atoms with Gasteiger partial charge in [-0.25, -0.2) is 10.9 Å². The summed E-state index contributed by atoms with van der Waals surface area (Å²) < 4.78 is 0. The van der Waals surface area contributed by atoms with Crippen molar-refractivity contribution in [2.75, 3.05) is 0 Å². The summed E-state index contributed by atoms with van der Waals surface area (Å²) in [5, 5.41) is 0.590. The number of hydrazine groups is 1. The number of amides is 1. The lowest BCUT2D eigenvalue weighted by atomic mass is 10.7. The fraction of sp³-hybridized carbons (Fsp3) is 0.333. The van der Waals surface area contributed by atoms with E-state index < -0.39 is 0 Å². The Balaban J connectivity index is 3.83. The van der Waals surface area contributed by atoms with Crippen LogP contribution in [0.3, 0.4) is 0 Å². The predicted molar refractivity (Wildman–Crippen MR) is 33.5 cm³/mol. The SMILES string of the molecule is CC(=O)N(N)C(N)=S. The van der Waals surface area contributed by atoms with Gasteiger partial charge in [0, 0.05) is 6.92 Å². The molecule has 0 radical (unpaired) electrons. The fourth-order valence-corrected chi connectivity index (χ4v) is 0.284. The van der Waals surface area contributed by atoms with Gasteiger partial charge in [0.05, 0.1) is 0 Å². The van der Waals surface area contributed by atoms with Crippen LogP contribution in [0.4, 0.5) is 0 Å². The normalized spacial score (nSPS) is 8.25. The zero-order valence-electron chi connectivity index (χ0n) is 4.42. The first-order chi connectivity index (χ1) is 3.55. The molecule has 0 aromatic carbocycles. The molecule has 0 fully saturated rings. The van der Waals surface area contributed by atoms with Crippen molar-refractivity contribution in [2.45, 2.75) is 6.92 Å². The largest absolute Gasteiger partial charge is 0.375 e. The van der Waals surface area contributed by atoms with Gasteiger partial charge >= 0.3 is 0 Å². The summed E-state index contributed by atoms with van der Waals surface area (Å²) in [5.74, 6) is 4.61. The molecule has 46 valence electrons. The fourth-order valence-electron chi connectivity index (χ4n) is 0.155. The van der Waals surface area contributed by atoms with Gasteiger partial charge in [0.2, 0.25) is 5.91 Å². The molecule has 0 aliphatic heterocycles. The van der Waals surface area contributed by atoms with Crippen LogP contribution in [0, 0.1) is 0 Å². The summed E-state index contributed by atoms with van der Waals surface area (Å²) in [6, 6.07) is 0. The van der Waals surface area contributed by atoms with Crippen molar-refractivity contribution in [1.29, 1.82) is 0 Å². The molecule has 0 aromatic heterocycles. The zero-order valence-corrected chi connectivity index (χ0v) is 5.23. The molecular weight excluding hydrogens is 126 g/mol. The van der Waals surface area contributed by atoms with Crippen LogP contribution in [0.1, 0.15) is 6.92 Å². The van der Waals surface area contributed by atoms with E-state index in [1.807, 2.05) is 0 Å². The lowest BCUT2D eigenvalue weighted by molar-refractivity contribution is -0.125. The van der Waals surface area contributed by atoms with Gasteiger partial charge in [-0.1, -0.05) is 0 Å². The molecule has 0 aliphatic carbocycles. The van der Waals surface area contributed by atoms with Crippen LogP contribution in [-0.2, 0) is 4.79 Å². The van der Waals surface area contributed by atoms with Crippen LogP contribution in [0.5, 0.6) is 0 Å². The van der Waals surface area contributed by atoms with Crippen molar-refractivity contribution >= 4 is 23.2 Å². The van der Waals surface area contributed by atoms with Gasteiger partial charge in [-0.05, 0) is 12.2 Å². The minimum atomic E-state index is -0.363. The third-order valence-corrected chi connectivity index (χ3v) is 0.773. The van der Waals surface area contributed by atoms with Crippen molar-refractivity contribution in [3.63, 3.8) is 0 Å². The summed E-state index contributed by atoms with van der Waals surface area (Å²) in [7, 11) is 0. The van der Waals surface area contributed by atoms with Crippen LogP contribution >= 0.6 is 12.2 Å². The van der Waals surface area contributed by atoms with E-state index in [1.54, 1.807) is 0 Å². The van der Waals surface area contributed by atoms with Gasteiger partial charge < -0.3 is 5.73 Å². The quantitative estimate of drug-likeness (QED) is 0.191. The number of hydrogen-bond donors (Lipinski definition) is 2. The van der Waals surface area contributed by atoms with Crippen molar-refractivity contribution in [3.05, 3.63) is 0 Å². The van der Waals surface area contributed by atoms with Crippen molar-refractivity contribution in [3.8, 4) is 0 Å². The van der Waals surface area contributed by atoms with E-state index in [4.69, 9.17) is 11.6 Å². The lowest BCUT2D eigenvalue weighted by Gasteiger charge is -2.09. The standard InChI is InChI=1S/C3H7N3OS/c1-2(7)6(5)3(4)8/h5H2,1H3,(H2,4,8). The molecule has 0 unspecified atom stereocenters. The van der Waals surface area contributed by atoms with E-state index in [2.05, 4.69) is 12.2 Å². The molecule has 0 heterocycles. The maximum Gasteiger partial charge on any atom is 0.239 e. The predicted octanol–water partition coefficient (Wildman–Crippen LogP) is -1.05. The minimum Gasteiger partial charge on any atom is -0.375 e. The highest BCUT2D eigenvalue weighted by Gasteiger charge is 2.02. The topological polar surface area (TPSA) is 72.3 Å². The molecule has 4 nitrogen and oxygen atoms in total. The Kier molecular flexibility index (Phi) is 2.36. The molecule has 4 N–H and O–H groups in total. The van der Waals surface area contributed by atoms with E-state index >= 15 is 0 Å². The number of nitrogens with zero attached hydrogens (tertiary/aromatic N) is 1. The number of nitrogens with two attached hydrogens (primary N) is 2. The molecule has 0 aromatic rings. The first-order valence-electron chi connectivity index (χ1n) is 1.90. The summed E-state index contributed by atoms with van der Waals surface area (Å²) in [5.41, 5.74) is 4.95. The number of hydrogen-bond acceptors (Lipinski definition) is 3. The third-order valence-electron chi connectivity index (χ3n) is 0.577. The molecule has 5 heteroatoms. The summed E-state index contributed by atoms with van der Waals surface area (Å²) in [4.78, 5) is 10.2. The monoisotopic (exact) mass is 133 g/mol. The minimum absolute atomic E-state index is 0.113. The first kappa shape index (κ1) is 7.32. The van der Waals surface area contributed by atoms with E-state index in [1.165, 1.54) is 6.92 Å². The number of carbonyl (C=O) groups is 1. The molecule has 1 amide bonds. The molecular formula is C3H7N3OS. The molecule has 0 aliphatic rings. The maximum absolute atomic E-state index is 10.2. The Morgan fingerprint density at radius 1 is 1.75 bits per heavy atom. The second-order valence-corrected chi connectivity index (χ2v) is 1.65. The average Bonchev–Trinajstić information content (AvgIpc) is 1.64. The van der Waals surface area contributed by atoms with Gasteiger partial charge in [-0.15, -0.1) is 0 Å². The number of thiocarbonyl (C=S) groups is 1. The Hall–Kier alpha value is -0.680. The van der Waals surface area contributed by atoms with Gasteiger partial charge in [-0.2, -0.15) is 0 Å². The molecule has 0 saturated carbocycles. The van der Waals surface area contributed by atoms with Crippen LogP contribution < -0.4 is 11.6 Å². The van der Waals surface area contributed by atoms with E-state index in [0.29, 0.717) is 5.01 Å². The third kappa shape index (κ3) is 1.85. The highest BCUT2D eigenvalue weighted by Crippen LogP contribution is 1.75. The van der Waals surface area contributed by atoms with E-state index in [-0.39, 0.29) is 11.0 Å². The Bertz CT molecular complexity index is 110. The second kappa shape index (κ2) is 2.58. The van der Waals surface area contributed by atoms with E-state index in [0.717, 1.165) is 0 Å². The lowest BCUT2D eigenvalue weighted by Crippen LogP contribution is -2.44. The van der Waals surface area contributed by atoms with Gasteiger partial charge in [0.25, 0.3) is 0 Å². The average molecular weight is 133 g/mol. The molecule has 0 atom stereocenters. The van der Waals surface area contributed by atoms with Crippen LogP contribution in [0.2, 0.25) is 0 Å². The van der Waals surface area contributed by atoms with Crippen molar-refractivity contribution < 1.29 is 4.79 Å². The highest BCUT2D eigenvalue weighted by molar-refractivity contribution is 7.80. The Labute approximate surface area is 52.4 Å². The van der Waals surface area contributed by atoms with Crippen molar-refractivity contribution in [2.24, 2.45) is 11.6 Å². The smallest absolute Gasteiger partial charge is 0.239 e. The van der Waals surface area contributed by atoms with Gasteiger partial charge in [0.1, 0.15) is 0 Å². The molecule has 0 rings (SSSR count).